The van der Waals surface area contributed by atoms with Crippen molar-refractivity contribution < 1.29 is 19.8 Å². The zero-order chi connectivity index (χ0) is 21.5. The van der Waals surface area contributed by atoms with Gasteiger partial charge in [0.05, 0.1) is 12.2 Å². The summed E-state index contributed by atoms with van der Waals surface area (Å²) in [6, 6.07) is 0. The first kappa shape index (κ1) is 23.2. The molecule has 3 aliphatic rings. The lowest BCUT2D eigenvalue weighted by Crippen LogP contribution is -2.27. The van der Waals surface area contributed by atoms with Gasteiger partial charge in [-0.15, -0.1) is 0 Å². The van der Waals surface area contributed by atoms with E-state index in [-0.39, 0.29) is 5.78 Å². The number of carbonyl (C=O) groups excluding carboxylic acids is 2. The maximum absolute atomic E-state index is 11.6. The summed E-state index contributed by atoms with van der Waals surface area (Å²) in [5.74, 6) is 1.52. The topological polar surface area (TPSA) is 86.6 Å². The minimum atomic E-state index is -0.470. The van der Waals surface area contributed by atoms with Gasteiger partial charge in [-0.2, -0.15) is 0 Å². The summed E-state index contributed by atoms with van der Waals surface area (Å²) in [5.41, 5.74) is 2.75. The number of allylic oxidation sites excluding steroid dienone is 3. The van der Waals surface area contributed by atoms with Gasteiger partial charge in [0.2, 0.25) is 5.78 Å². The van der Waals surface area contributed by atoms with Crippen molar-refractivity contribution in [2.75, 3.05) is 7.05 Å². The summed E-state index contributed by atoms with van der Waals surface area (Å²) in [5, 5.41) is 22.2. The van der Waals surface area contributed by atoms with Crippen molar-refractivity contribution in [3.63, 3.8) is 0 Å². The molecule has 5 nitrogen and oxygen atoms in total. The molecule has 0 radical (unpaired) electrons. The van der Waals surface area contributed by atoms with Gasteiger partial charge < -0.3 is 15.5 Å². The van der Waals surface area contributed by atoms with E-state index in [1.165, 1.54) is 51.1 Å². The molecule has 0 saturated heterocycles. The molecule has 3 saturated carbocycles. The number of nitrogens with one attached hydrogen (secondary N) is 1. The lowest BCUT2D eigenvalue weighted by atomic mass is 9.73. The van der Waals surface area contributed by atoms with Gasteiger partial charge in [-0.25, -0.2) is 0 Å². The maximum atomic E-state index is 11.6. The number of hydrogen-bond donors (Lipinski definition) is 3. The van der Waals surface area contributed by atoms with E-state index in [1.807, 2.05) is 0 Å². The van der Waals surface area contributed by atoms with Crippen molar-refractivity contribution >= 4 is 11.7 Å². The Kier molecular flexibility index (Phi) is 8.70. The fourth-order valence-corrected chi connectivity index (χ4v) is 5.99. The number of hydrogen-bond acceptors (Lipinski definition) is 4. The second kappa shape index (κ2) is 11.2. The number of aliphatic hydroxyl groups is 2. The second-order valence-corrected chi connectivity index (χ2v) is 9.62. The molecule has 0 bridgehead atoms. The van der Waals surface area contributed by atoms with Gasteiger partial charge in [0, 0.05) is 13.5 Å². The zero-order valence-electron chi connectivity index (χ0n) is 18.4. The SMILES string of the molecule is CNC(=O)C(=O)CCCCC[C@H]1CC[C@H]2/C(=C/C=C3C[C@@H](O)C[C@H](O)C3)CCCC12. The normalized spacial score (nSPS) is 32.7. The van der Waals surface area contributed by atoms with Crippen LogP contribution in [0.1, 0.15) is 83.5 Å². The summed E-state index contributed by atoms with van der Waals surface area (Å²) in [4.78, 5) is 22.8. The second-order valence-electron chi connectivity index (χ2n) is 9.62. The highest BCUT2D eigenvalue weighted by Gasteiger charge is 2.39. The monoisotopic (exact) mass is 417 g/mol. The van der Waals surface area contributed by atoms with E-state index in [0.29, 0.717) is 31.6 Å². The van der Waals surface area contributed by atoms with Crippen LogP contribution in [-0.2, 0) is 9.59 Å². The van der Waals surface area contributed by atoms with Crippen LogP contribution in [0, 0.1) is 17.8 Å². The van der Waals surface area contributed by atoms with E-state index in [1.54, 1.807) is 5.57 Å². The standard InChI is InChI=1S/C25H39NO4/c1-26-25(30)24(29)9-4-2-3-6-18-12-13-23-19(7-5-8-22(18)23)11-10-17-14-20(27)16-21(28)15-17/h10-11,18,20-23,27-28H,2-9,12-16H2,1H3,(H,26,30)/b19-11+/t18-,20+,21+,22?,23-/m0/s1. The predicted molar refractivity (Wildman–Crippen MR) is 118 cm³/mol. The molecular formula is C25H39NO4. The molecular weight excluding hydrogens is 378 g/mol. The first-order valence-corrected chi connectivity index (χ1v) is 12.0. The Morgan fingerprint density at radius 2 is 1.80 bits per heavy atom. The molecule has 30 heavy (non-hydrogen) atoms. The van der Waals surface area contributed by atoms with Crippen LogP contribution in [-0.4, -0.2) is 41.2 Å². The Hall–Kier alpha value is -1.46. The minimum absolute atomic E-state index is 0.299. The maximum Gasteiger partial charge on any atom is 0.287 e. The Labute approximate surface area is 181 Å². The number of carbonyl (C=O) groups is 2. The molecule has 0 aromatic rings. The molecule has 0 spiro atoms. The van der Waals surface area contributed by atoms with Crippen molar-refractivity contribution in [3.8, 4) is 0 Å². The average molecular weight is 418 g/mol. The summed E-state index contributed by atoms with van der Waals surface area (Å²) in [6.45, 7) is 0. The van der Waals surface area contributed by atoms with Crippen LogP contribution in [0.15, 0.2) is 23.3 Å². The van der Waals surface area contributed by atoms with Gasteiger partial charge in [0.25, 0.3) is 5.91 Å². The molecule has 0 heterocycles. The molecule has 0 aliphatic heterocycles. The van der Waals surface area contributed by atoms with E-state index < -0.39 is 18.1 Å². The predicted octanol–water partition coefficient (Wildman–Crippen LogP) is 3.84. The third-order valence-electron chi connectivity index (χ3n) is 7.48. The molecule has 1 amide bonds. The van der Waals surface area contributed by atoms with E-state index in [2.05, 4.69) is 17.5 Å². The summed E-state index contributed by atoms with van der Waals surface area (Å²) < 4.78 is 0. The van der Waals surface area contributed by atoms with Crippen LogP contribution in [0.4, 0.5) is 0 Å². The molecule has 1 unspecified atom stereocenters. The number of amides is 1. The highest BCUT2D eigenvalue weighted by Crippen LogP contribution is 2.50. The van der Waals surface area contributed by atoms with Gasteiger partial charge in [-0.3, -0.25) is 9.59 Å². The molecule has 3 aliphatic carbocycles. The number of likely N-dealkylation sites (N-methyl/N-ethyl adjacent to an activating group) is 1. The number of unbranched alkanes of at least 4 members (excludes halogenated alkanes) is 2. The number of aliphatic hydroxyl groups excluding tert-OH is 2. The van der Waals surface area contributed by atoms with Crippen LogP contribution in [0.25, 0.3) is 0 Å². The minimum Gasteiger partial charge on any atom is -0.393 e. The highest BCUT2D eigenvalue weighted by atomic mass is 16.3. The molecule has 0 aromatic heterocycles. The summed E-state index contributed by atoms with van der Waals surface area (Å²) in [6.07, 6.45) is 16.5. The number of fused-ring (bicyclic) bond motifs is 1. The van der Waals surface area contributed by atoms with Gasteiger partial charge in [-0.1, -0.05) is 42.6 Å². The van der Waals surface area contributed by atoms with Crippen molar-refractivity contribution in [2.45, 2.75) is 95.7 Å². The highest BCUT2D eigenvalue weighted by molar-refractivity contribution is 6.36. The third-order valence-corrected chi connectivity index (χ3v) is 7.48. The first-order valence-electron chi connectivity index (χ1n) is 12.0. The van der Waals surface area contributed by atoms with Crippen molar-refractivity contribution in [1.82, 2.24) is 5.32 Å². The van der Waals surface area contributed by atoms with Crippen molar-refractivity contribution in [1.29, 1.82) is 0 Å². The van der Waals surface area contributed by atoms with Crippen molar-refractivity contribution in [3.05, 3.63) is 23.3 Å². The quantitative estimate of drug-likeness (QED) is 0.414. The summed E-state index contributed by atoms with van der Waals surface area (Å²) in [7, 11) is 1.50. The largest absolute Gasteiger partial charge is 0.393 e. The van der Waals surface area contributed by atoms with Crippen LogP contribution in [0.2, 0.25) is 0 Å². The molecule has 0 aromatic carbocycles. The zero-order valence-corrected chi connectivity index (χ0v) is 18.4. The molecule has 5 heteroatoms. The molecule has 168 valence electrons. The number of ketones is 1. The van der Waals surface area contributed by atoms with E-state index in [0.717, 1.165) is 31.1 Å². The van der Waals surface area contributed by atoms with E-state index in [9.17, 15) is 19.8 Å². The van der Waals surface area contributed by atoms with Crippen LogP contribution >= 0.6 is 0 Å². The molecule has 5 atom stereocenters. The fourth-order valence-electron chi connectivity index (χ4n) is 5.99. The molecule has 3 N–H and O–H groups in total. The lowest BCUT2D eigenvalue weighted by molar-refractivity contribution is -0.137. The summed E-state index contributed by atoms with van der Waals surface area (Å²) >= 11 is 0. The van der Waals surface area contributed by atoms with Crippen LogP contribution < -0.4 is 5.32 Å². The van der Waals surface area contributed by atoms with Gasteiger partial charge in [0.1, 0.15) is 0 Å². The Morgan fingerprint density at radius 3 is 2.53 bits per heavy atom. The average Bonchev–Trinajstić information content (AvgIpc) is 3.14. The Balaban J connectivity index is 1.46. The van der Waals surface area contributed by atoms with Gasteiger partial charge >= 0.3 is 0 Å². The van der Waals surface area contributed by atoms with Crippen LogP contribution in [0.5, 0.6) is 0 Å². The first-order chi connectivity index (χ1) is 14.5. The third kappa shape index (κ3) is 6.27. The van der Waals surface area contributed by atoms with E-state index in [4.69, 9.17) is 0 Å². The Morgan fingerprint density at radius 1 is 1.03 bits per heavy atom. The Bertz CT molecular complexity index is 656. The van der Waals surface area contributed by atoms with Crippen molar-refractivity contribution in [2.24, 2.45) is 17.8 Å². The van der Waals surface area contributed by atoms with Gasteiger partial charge in [-0.05, 0) is 75.5 Å². The fraction of sp³-hybridized carbons (Fsp3) is 0.760. The molecule has 3 rings (SSSR count). The van der Waals surface area contributed by atoms with Crippen LogP contribution in [0.3, 0.4) is 0 Å². The van der Waals surface area contributed by atoms with Gasteiger partial charge in [0.15, 0.2) is 0 Å². The molecule has 3 fully saturated rings. The lowest BCUT2D eigenvalue weighted by Gasteiger charge is -2.32. The number of rotatable bonds is 8. The van der Waals surface area contributed by atoms with E-state index >= 15 is 0 Å². The number of Topliss-reactive ketones (excluding diaryl/α,β-unsaturated/α-hetero) is 1. The smallest absolute Gasteiger partial charge is 0.287 e.